The highest BCUT2D eigenvalue weighted by molar-refractivity contribution is 5.77. The number of hydrogen-bond acceptors (Lipinski definition) is 3. The van der Waals surface area contributed by atoms with Gasteiger partial charge in [-0.05, 0) is 19.8 Å². The predicted molar refractivity (Wildman–Crippen MR) is 50.1 cm³/mol. The number of rotatable bonds is 3. The number of aliphatic hydroxyl groups is 1. The molecule has 1 heterocycles. The Morgan fingerprint density at radius 2 is 2.46 bits per heavy atom. The van der Waals surface area contributed by atoms with Crippen molar-refractivity contribution in [1.29, 1.82) is 0 Å². The average molecular weight is 186 g/mol. The second kappa shape index (κ2) is 4.58. The highest BCUT2D eigenvalue weighted by Gasteiger charge is 2.27. The van der Waals surface area contributed by atoms with E-state index in [2.05, 4.69) is 0 Å². The maximum Gasteiger partial charge on any atom is 0.224 e. The predicted octanol–water partition coefficient (Wildman–Crippen LogP) is -0.293. The Morgan fingerprint density at radius 1 is 1.77 bits per heavy atom. The largest absolute Gasteiger partial charge is 0.394 e. The molecule has 0 aromatic rings. The minimum atomic E-state index is -0.0903. The first-order chi connectivity index (χ1) is 6.15. The summed E-state index contributed by atoms with van der Waals surface area (Å²) in [5.74, 6) is 0.0755. The smallest absolute Gasteiger partial charge is 0.224 e. The molecule has 4 nitrogen and oxygen atoms in total. The Hall–Kier alpha value is -0.610. The first-order valence-corrected chi connectivity index (χ1v) is 4.81. The minimum Gasteiger partial charge on any atom is -0.394 e. The van der Waals surface area contributed by atoms with Gasteiger partial charge in [0.15, 0.2) is 0 Å². The fourth-order valence-corrected chi connectivity index (χ4v) is 1.75. The summed E-state index contributed by atoms with van der Waals surface area (Å²) in [7, 11) is 0. The second-order valence-electron chi connectivity index (χ2n) is 3.75. The Kier molecular flexibility index (Phi) is 3.69. The van der Waals surface area contributed by atoms with Crippen LogP contribution in [0.1, 0.15) is 26.2 Å². The SMILES string of the molecule is CC(N)CC(=O)N1CCCC1CO. The van der Waals surface area contributed by atoms with Crippen LogP contribution in [-0.4, -0.2) is 41.1 Å². The zero-order valence-electron chi connectivity index (χ0n) is 8.07. The molecule has 1 aliphatic heterocycles. The first kappa shape index (κ1) is 10.5. The molecule has 0 aromatic carbocycles. The van der Waals surface area contributed by atoms with Gasteiger partial charge in [0.25, 0.3) is 0 Å². The van der Waals surface area contributed by atoms with Gasteiger partial charge in [-0.15, -0.1) is 0 Å². The molecule has 2 unspecified atom stereocenters. The molecule has 0 bridgehead atoms. The van der Waals surface area contributed by atoms with Gasteiger partial charge in [0.05, 0.1) is 12.6 Å². The van der Waals surface area contributed by atoms with Crippen LogP contribution >= 0.6 is 0 Å². The number of carbonyl (C=O) groups excluding carboxylic acids is 1. The molecule has 13 heavy (non-hydrogen) atoms. The van der Waals surface area contributed by atoms with Crippen molar-refractivity contribution >= 4 is 5.91 Å². The third kappa shape index (κ3) is 2.67. The molecule has 0 aliphatic carbocycles. The van der Waals surface area contributed by atoms with Crippen LogP contribution < -0.4 is 5.73 Å². The van der Waals surface area contributed by atoms with Gasteiger partial charge in [0.1, 0.15) is 0 Å². The molecule has 1 amide bonds. The summed E-state index contributed by atoms with van der Waals surface area (Å²) >= 11 is 0. The van der Waals surface area contributed by atoms with Crippen LogP contribution in [0.25, 0.3) is 0 Å². The monoisotopic (exact) mass is 186 g/mol. The van der Waals surface area contributed by atoms with E-state index in [4.69, 9.17) is 10.8 Å². The average Bonchev–Trinajstić information content (AvgIpc) is 2.49. The molecule has 1 fully saturated rings. The van der Waals surface area contributed by atoms with Crippen molar-refractivity contribution in [2.24, 2.45) is 5.73 Å². The Balaban J connectivity index is 2.45. The van der Waals surface area contributed by atoms with E-state index in [0.717, 1.165) is 19.4 Å². The highest BCUT2D eigenvalue weighted by atomic mass is 16.3. The van der Waals surface area contributed by atoms with Crippen molar-refractivity contribution < 1.29 is 9.90 Å². The zero-order valence-corrected chi connectivity index (χ0v) is 8.07. The summed E-state index contributed by atoms with van der Waals surface area (Å²) < 4.78 is 0. The Bertz CT molecular complexity index is 182. The summed E-state index contributed by atoms with van der Waals surface area (Å²) in [4.78, 5) is 13.3. The van der Waals surface area contributed by atoms with Gasteiger partial charge in [0, 0.05) is 19.0 Å². The van der Waals surface area contributed by atoms with Crippen molar-refractivity contribution in [2.75, 3.05) is 13.2 Å². The minimum absolute atomic E-state index is 0.0336. The van der Waals surface area contributed by atoms with Gasteiger partial charge in [-0.3, -0.25) is 4.79 Å². The van der Waals surface area contributed by atoms with Gasteiger partial charge in [0.2, 0.25) is 5.91 Å². The fraction of sp³-hybridized carbons (Fsp3) is 0.889. The van der Waals surface area contributed by atoms with Crippen molar-refractivity contribution in [2.45, 2.75) is 38.3 Å². The number of nitrogens with zero attached hydrogens (tertiary/aromatic N) is 1. The van der Waals surface area contributed by atoms with Crippen LogP contribution in [0, 0.1) is 0 Å². The number of aliphatic hydroxyl groups excluding tert-OH is 1. The lowest BCUT2D eigenvalue weighted by Gasteiger charge is -2.23. The van der Waals surface area contributed by atoms with E-state index in [9.17, 15) is 4.79 Å². The zero-order chi connectivity index (χ0) is 9.84. The first-order valence-electron chi connectivity index (χ1n) is 4.81. The molecule has 0 radical (unpaired) electrons. The molecule has 1 saturated heterocycles. The van der Waals surface area contributed by atoms with Gasteiger partial charge in [-0.1, -0.05) is 0 Å². The topological polar surface area (TPSA) is 66.6 Å². The maximum atomic E-state index is 11.6. The highest BCUT2D eigenvalue weighted by Crippen LogP contribution is 2.17. The van der Waals surface area contributed by atoms with Gasteiger partial charge in [-0.2, -0.15) is 0 Å². The number of nitrogens with two attached hydrogens (primary N) is 1. The van der Waals surface area contributed by atoms with E-state index in [1.54, 1.807) is 4.90 Å². The van der Waals surface area contributed by atoms with Crippen molar-refractivity contribution in [3.63, 3.8) is 0 Å². The molecule has 2 atom stereocenters. The third-order valence-electron chi connectivity index (χ3n) is 2.40. The molecular formula is C9H18N2O2. The molecular weight excluding hydrogens is 168 g/mol. The van der Waals surface area contributed by atoms with Crippen LogP contribution in [0.15, 0.2) is 0 Å². The van der Waals surface area contributed by atoms with E-state index in [1.807, 2.05) is 6.92 Å². The molecule has 76 valence electrons. The fourth-order valence-electron chi connectivity index (χ4n) is 1.75. The molecule has 0 aromatic heterocycles. The molecule has 0 spiro atoms. The molecule has 4 heteroatoms. The van der Waals surface area contributed by atoms with Crippen molar-refractivity contribution in [3.05, 3.63) is 0 Å². The lowest BCUT2D eigenvalue weighted by molar-refractivity contribution is -0.132. The van der Waals surface area contributed by atoms with Crippen LogP contribution in [0.5, 0.6) is 0 Å². The second-order valence-corrected chi connectivity index (χ2v) is 3.75. The molecule has 1 aliphatic rings. The number of likely N-dealkylation sites (tertiary alicyclic amines) is 1. The Labute approximate surface area is 78.7 Å². The van der Waals surface area contributed by atoms with Gasteiger partial charge in [-0.25, -0.2) is 0 Å². The summed E-state index contributed by atoms with van der Waals surface area (Å²) in [5.41, 5.74) is 5.54. The molecule has 3 N–H and O–H groups in total. The molecule has 0 saturated carbocycles. The van der Waals surface area contributed by atoms with Gasteiger partial charge < -0.3 is 15.7 Å². The van der Waals surface area contributed by atoms with E-state index < -0.39 is 0 Å². The summed E-state index contributed by atoms with van der Waals surface area (Å²) in [6.45, 7) is 2.67. The van der Waals surface area contributed by atoms with E-state index in [-0.39, 0.29) is 24.6 Å². The van der Waals surface area contributed by atoms with E-state index >= 15 is 0 Å². The third-order valence-corrected chi connectivity index (χ3v) is 2.40. The summed E-state index contributed by atoms with van der Waals surface area (Å²) in [6, 6.07) is -0.0568. The normalized spacial score (nSPS) is 24.8. The van der Waals surface area contributed by atoms with E-state index in [1.165, 1.54) is 0 Å². The van der Waals surface area contributed by atoms with E-state index in [0.29, 0.717) is 6.42 Å². The lowest BCUT2D eigenvalue weighted by Crippen LogP contribution is -2.39. The lowest BCUT2D eigenvalue weighted by atomic mass is 10.2. The number of hydrogen-bond donors (Lipinski definition) is 2. The standard InChI is InChI=1S/C9H18N2O2/c1-7(10)5-9(13)11-4-2-3-8(11)6-12/h7-8,12H,2-6,10H2,1H3. The van der Waals surface area contributed by atoms with Crippen LogP contribution in [0.3, 0.4) is 0 Å². The van der Waals surface area contributed by atoms with Crippen LogP contribution in [-0.2, 0) is 4.79 Å². The summed E-state index contributed by atoms with van der Waals surface area (Å²) in [6.07, 6.45) is 2.30. The Morgan fingerprint density at radius 3 is 3.00 bits per heavy atom. The van der Waals surface area contributed by atoms with Crippen molar-refractivity contribution in [3.8, 4) is 0 Å². The molecule has 1 rings (SSSR count). The maximum absolute atomic E-state index is 11.6. The quantitative estimate of drug-likeness (QED) is 0.636. The van der Waals surface area contributed by atoms with Crippen molar-refractivity contribution in [1.82, 2.24) is 4.90 Å². The van der Waals surface area contributed by atoms with Crippen LogP contribution in [0.2, 0.25) is 0 Å². The number of amides is 1. The summed E-state index contributed by atoms with van der Waals surface area (Å²) in [5, 5.41) is 8.99. The van der Waals surface area contributed by atoms with Crippen LogP contribution in [0.4, 0.5) is 0 Å². The van der Waals surface area contributed by atoms with Gasteiger partial charge >= 0.3 is 0 Å². The number of carbonyl (C=O) groups is 1.